The fourth-order valence-corrected chi connectivity index (χ4v) is 2.10. The normalized spacial score (nSPS) is 12.2. The summed E-state index contributed by atoms with van der Waals surface area (Å²) in [6.07, 6.45) is 0. The third-order valence-electron chi connectivity index (χ3n) is 3.70. The first kappa shape index (κ1) is 16.2. The summed E-state index contributed by atoms with van der Waals surface area (Å²) in [5.74, 6) is -0.427. The summed E-state index contributed by atoms with van der Waals surface area (Å²) in [5, 5.41) is 2.80. The van der Waals surface area contributed by atoms with Gasteiger partial charge in [-0.3, -0.25) is 9.69 Å². The van der Waals surface area contributed by atoms with Crippen molar-refractivity contribution in [1.29, 1.82) is 0 Å². The Bertz CT molecular complexity index is 623. The van der Waals surface area contributed by atoms with E-state index in [0.717, 1.165) is 5.56 Å². The van der Waals surface area contributed by atoms with Gasteiger partial charge in [-0.25, -0.2) is 4.39 Å². The van der Waals surface area contributed by atoms with E-state index < -0.39 is 0 Å². The topological polar surface area (TPSA) is 32.3 Å². The lowest BCUT2D eigenvalue weighted by Crippen LogP contribution is -2.39. The molecule has 0 aliphatic carbocycles. The number of nitrogens with zero attached hydrogens (tertiary/aromatic N) is 1. The van der Waals surface area contributed by atoms with Crippen LogP contribution < -0.4 is 5.32 Å². The Labute approximate surface area is 130 Å². The Morgan fingerprint density at radius 2 is 1.73 bits per heavy atom. The first-order valence-electron chi connectivity index (χ1n) is 7.28. The predicted octanol–water partition coefficient (Wildman–Crippen LogP) is 3.59. The van der Waals surface area contributed by atoms with Gasteiger partial charge in [0.1, 0.15) is 5.82 Å². The monoisotopic (exact) mass is 300 g/mol. The number of aryl methyl sites for hydroxylation is 1. The van der Waals surface area contributed by atoms with Crippen molar-refractivity contribution >= 4 is 11.6 Å². The van der Waals surface area contributed by atoms with Crippen LogP contribution in [-0.4, -0.2) is 23.9 Å². The van der Waals surface area contributed by atoms with Crippen LogP contribution in [-0.2, 0) is 11.3 Å². The summed E-state index contributed by atoms with van der Waals surface area (Å²) in [7, 11) is 1.91. The minimum atomic E-state index is -0.317. The van der Waals surface area contributed by atoms with Gasteiger partial charge in [0.05, 0.1) is 6.04 Å². The summed E-state index contributed by atoms with van der Waals surface area (Å²) in [6.45, 7) is 4.59. The van der Waals surface area contributed by atoms with Gasteiger partial charge in [-0.15, -0.1) is 0 Å². The van der Waals surface area contributed by atoms with Crippen LogP contribution >= 0.6 is 0 Å². The molecule has 0 aromatic heterocycles. The van der Waals surface area contributed by atoms with Crippen LogP contribution in [0.3, 0.4) is 0 Å². The largest absolute Gasteiger partial charge is 0.325 e. The molecular formula is C18H21FN2O. The maximum absolute atomic E-state index is 12.9. The minimum absolute atomic E-state index is 0.110. The Morgan fingerprint density at radius 1 is 1.14 bits per heavy atom. The van der Waals surface area contributed by atoms with E-state index in [2.05, 4.69) is 29.6 Å². The lowest BCUT2D eigenvalue weighted by Gasteiger charge is -2.24. The Morgan fingerprint density at radius 3 is 2.32 bits per heavy atom. The Kier molecular flexibility index (Phi) is 5.28. The molecule has 0 aliphatic heterocycles. The van der Waals surface area contributed by atoms with E-state index in [9.17, 15) is 9.18 Å². The van der Waals surface area contributed by atoms with Crippen molar-refractivity contribution in [3.8, 4) is 0 Å². The van der Waals surface area contributed by atoms with Gasteiger partial charge in [0, 0.05) is 12.2 Å². The van der Waals surface area contributed by atoms with Gasteiger partial charge in [-0.2, -0.15) is 0 Å². The molecule has 0 fully saturated rings. The van der Waals surface area contributed by atoms with Crippen molar-refractivity contribution in [2.24, 2.45) is 0 Å². The quantitative estimate of drug-likeness (QED) is 0.915. The number of nitrogens with one attached hydrogen (secondary N) is 1. The molecular weight excluding hydrogens is 279 g/mol. The van der Waals surface area contributed by atoms with Crippen molar-refractivity contribution in [3.63, 3.8) is 0 Å². The van der Waals surface area contributed by atoms with Crippen LogP contribution in [0.25, 0.3) is 0 Å². The van der Waals surface area contributed by atoms with E-state index in [4.69, 9.17) is 0 Å². The second-order valence-corrected chi connectivity index (χ2v) is 5.57. The molecule has 0 radical (unpaired) electrons. The fourth-order valence-electron chi connectivity index (χ4n) is 2.10. The van der Waals surface area contributed by atoms with E-state index in [1.54, 1.807) is 12.1 Å². The molecule has 0 saturated carbocycles. The molecule has 2 aromatic carbocycles. The molecule has 0 unspecified atom stereocenters. The SMILES string of the molecule is Cc1ccc(CN(C)[C@@H](C)C(=O)Nc2ccc(F)cc2)cc1. The maximum atomic E-state index is 12.9. The van der Waals surface area contributed by atoms with Gasteiger partial charge in [0.2, 0.25) is 5.91 Å². The van der Waals surface area contributed by atoms with Gasteiger partial charge in [-0.05, 0) is 50.7 Å². The Hall–Kier alpha value is -2.20. The highest BCUT2D eigenvalue weighted by molar-refractivity contribution is 5.94. The molecule has 0 spiro atoms. The van der Waals surface area contributed by atoms with Gasteiger partial charge in [-0.1, -0.05) is 29.8 Å². The summed E-state index contributed by atoms with van der Waals surface area (Å²) in [4.78, 5) is 14.2. The second-order valence-electron chi connectivity index (χ2n) is 5.57. The first-order chi connectivity index (χ1) is 10.5. The van der Waals surface area contributed by atoms with E-state index >= 15 is 0 Å². The molecule has 0 bridgehead atoms. The number of carbonyl (C=O) groups excluding carboxylic acids is 1. The zero-order chi connectivity index (χ0) is 16.1. The third-order valence-corrected chi connectivity index (χ3v) is 3.70. The molecule has 1 amide bonds. The number of halogens is 1. The van der Waals surface area contributed by atoms with E-state index in [1.165, 1.54) is 17.7 Å². The van der Waals surface area contributed by atoms with Crippen LogP contribution in [0.15, 0.2) is 48.5 Å². The number of amides is 1. The molecule has 2 aromatic rings. The number of rotatable bonds is 5. The molecule has 1 N–H and O–H groups in total. The Balaban J connectivity index is 1.94. The lowest BCUT2D eigenvalue weighted by molar-refractivity contribution is -0.120. The molecule has 4 heteroatoms. The van der Waals surface area contributed by atoms with Crippen molar-refractivity contribution in [2.45, 2.75) is 26.4 Å². The van der Waals surface area contributed by atoms with E-state index in [0.29, 0.717) is 12.2 Å². The van der Waals surface area contributed by atoms with Gasteiger partial charge in [0.15, 0.2) is 0 Å². The summed E-state index contributed by atoms with van der Waals surface area (Å²) >= 11 is 0. The zero-order valence-corrected chi connectivity index (χ0v) is 13.1. The molecule has 0 saturated heterocycles. The van der Waals surface area contributed by atoms with Gasteiger partial charge in [0.25, 0.3) is 0 Å². The van der Waals surface area contributed by atoms with Crippen LogP contribution in [0.1, 0.15) is 18.1 Å². The van der Waals surface area contributed by atoms with Gasteiger partial charge < -0.3 is 5.32 Å². The van der Waals surface area contributed by atoms with Crippen molar-refractivity contribution in [1.82, 2.24) is 4.90 Å². The number of hydrogen-bond donors (Lipinski definition) is 1. The summed E-state index contributed by atoms with van der Waals surface area (Å²) < 4.78 is 12.9. The first-order valence-corrected chi connectivity index (χ1v) is 7.28. The van der Waals surface area contributed by atoms with Crippen LogP contribution in [0, 0.1) is 12.7 Å². The highest BCUT2D eigenvalue weighted by atomic mass is 19.1. The molecule has 22 heavy (non-hydrogen) atoms. The van der Waals surface area contributed by atoms with Gasteiger partial charge >= 0.3 is 0 Å². The zero-order valence-electron chi connectivity index (χ0n) is 13.1. The number of anilines is 1. The number of likely N-dealkylation sites (N-methyl/N-ethyl adjacent to an activating group) is 1. The number of benzene rings is 2. The van der Waals surface area contributed by atoms with Crippen molar-refractivity contribution in [2.75, 3.05) is 12.4 Å². The van der Waals surface area contributed by atoms with E-state index in [1.807, 2.05) is 25.8 Å². The molecule has 3 nitrogen and oxygen atoms in total. The standard InChI is InChI=1S/C18H21FN2O/c1-13-4-6-15(7-5-13)12-21(3)14(2)18(22)20-17-10-8-16(19)9-11-17/h4-11,14H,12H2,1-3H3,(H,20,22)/t14-/m0/s1. The average Bonchev–Trinajstić information content (AvgIpc) is 2.51. The minimum Gasteiger partial charge on any atom is -0.325 e. The van der Waals surface area contributed by atoms with E-state index in [-0.39, 0.29) is 17.8 Å². The summed E-state index contributed by atoms with van der Waals surface area (Å²) in [5.41, 5.74) is 2.98. The lowest BCUT2D eigenvalue weighted by atomic mass is 10.1. The predicted molar refractivity (Wildman–Crippen MR) is 87.1 cm³/mol. The molecule has 2 rings (SSSR count). The number of carbonyl (C=O) groups is 1. The van der Waals surface area contributed by atoms with Crippen LogP contribution in [0.5, 0.6) is 0 Å². The third kappa shape index (κ3) is 4.40. The van der Waals surface area contributed by atoms with Crippen LogP contribution in [0.4, 0.5) is 10.1 Å². The van der Waals surface area contributed by atoms with Crippen molar-refractivity contribution < 1.29 is 9.18 Å². The number of hydrogen-bond acceptors (Lipinski definition) is 2. The fraction of sp³-hybridized carbons (Fsp3) is 0.278. The molecule has 116 valence electrons. The highest BCUT2D eigenvalue weighted by Gasteiger charge is 2.18. The van der Waals surface area contributed by atoms with Crippen LogP contribution in [0.2, 0.25) is 0 Å². The molecule has 0 heterocycles. The second kappa shape index (κ2) is 7.18. The summed E-state index contributed by atoms with van der Waals surface area (Å²) in [6, 6.07) is 13.7. The highest BCUT2D eigenvalue weighted by Crippen LogP contribution is 2.12. The average molecular weight is 300 g/mol. The van der Waals surface area contributed by atoms with Crippen molar-refractivity contribution in [3.05, 3.63) is 65.5 Å². The maximum Gasteiger partial charge on any atom is 0.241 e. The smallest absolute Gasteiger partial charge is 0.241 e. The molecule has 0 aliphatic rings. The molecule has 1 atom stereocenters.